The Morgan fingerprint density at radius 2 is 1.92 bits per heavy atom. The summed E-state index contributed by atoms with van der Waals surface area (Å²) in [5.41, 5.74) is 3.86. The standard InChI is InChI=1S/C25H25ClN6O3S/c26-20-14-12-19(13-15-20)24-29-30-25(31(24)21-9-2-1-3-10-21)36-17-23(33)28-27-16-6-8-18-7-4-5-11-22(18)32(34)35/h4-8,11-16,21H,1-3,9-10,17H2,(H,28,33)/b8-6-,27-16+. The molecule has 9 nitrogen and oxygen atoms in total. The first-order chi connectivity index (χ1) is 17.5. The van der Waals surface area contributed by atoms with Crippen LogP contribution >= 0.6 is 23.4 Å². The monoisotopic (exact) mass is 524 g/mol. The van der Waals surface area contributed by atoms with Crippen molar-refractivity contribution in [2.45, 2.75) is 43.3 Å². The lowest BCUT2D eigenvalue weighted by atomic mass is 9.95. The Morgan fingerprint density at radius 1 is 1.17 bits per heavy atom. The van der Waals surface area contributed by atoms with Crippen molar-refractivity contribution in [3.8, 4) is 11.4 Å². The highest BCUT2D eigenvalue weighted by Crippen LogP contribution is 2.35. The summed E-state index contributed by atoms with van der Waals surface area (Å²) in [7, 11) is 0. The van der Waals surface area contributed by atoms with E-state index in [1.807, 2.05) is 24.3 Å². The van der Waals surface area contributed by atoms with Crippen LogP contribution in [0.2, 0.25) is 5.02 Å². The van der Waals surface area contributed by atoms with Gasteiger partial charge in [-0.2, -0.15) is 5.10 Å². The van der Waals surface area contributed by atoms with Gasteiger partial charge in [-0.25, -0.2) is 5.43 Å². The zero-order valence-corrected chi connectivity index (χ0v) is 21.0. The van der Waals surface area contributed by atoms with E-state index in [4.69, 9.17) is 11.6 Å². The van der Waals surface area contributed by atoms with Crippen LogP contribution in [0, 0.1) is 10.1 Å². The Kier molecular flexibility index (Phi) is 8.85. The third kappa shape index (κ3) is 6.58. The van der Waals surface area contributed by atoms with E-state index in [0.29, 0.717) is 15.7 Å². The van der Waals surface area contributed by atoms with E-state index < -0.39 is 4.92 Å². The largest absolute Gasteiger partial charge is 0.299 e. The number of thioether (sulfide) groups is 1. The SMILES string of the molecule is O=C(CSc1nnc(-c2ccc(Cl)cc2)n1C1CCCCC1)N/N=C/C=C\c1ccccc1[N+](=O)[O-]. The minimum absolute atomic E-state index is 0.00244. The summed E-state index contributed by atoms with van der Waals surface area (Å²) in [5, 5.41) is 25.1. The molecule has 1 amide bonds. The van der Waals surface area contributed by atoms with Gasteiger partial charge >= 0.3 is 0 Å². The quantitative estimate of drug-likeness (QED) is 0.161. The molecule has 36 heavy (non-hydrogen) atoms. The van der Waals surface area contributed by atoms with Gasteiger partial charge in [0.1, 0.15) is 0 Å². The van der Waals surface area contributed by atoms with Crippen LogP contribution in [0.25, 0.3) is 17.5 Å². The Morgan fingerprint density at radius 3 is 2.67 bits per heavy atom. The number of hydrogen-bond donors (Lipinski definition) is 1. The smallest absolute Gasteiger partial charge is 0.276 e. The summed E-state index contributed by atoms with van der Waals surface area (Å²) >= 11 is 7.37. The molecule has 0 spiro atoms. The number of nitro benzene ring substituents is 1. The molecule has 0 radical (unpaired) electrons. The summed E-state index contributed by atoms with van der Waals surface area (Å²) in [6.07, 6.45) is 10.1. The van der Waals surface area contributed by atoms with Crippen LogP contribution in [0.1, 0.15) is 43.7 Å². The fraction of sp³-hybridized carbons (Fsp3) is 0.280. The van der Waals surface area contributed by atoms with Gasteiger partial charge in [0.15, 0.2) is 11.0 Å². The highest BCUT2D eigenvalue weighted by molar-refractivity contribution is 7.99. The highest BCUT2D eigenvalue weighted by atomic mass is 35.5. The second kappa shape index (κ2) is 12.5. The number of carbonyl (C=O) groups is 1. The van der Waals surface area contributed by atoms with Crippen molar-refractivity contribution in [1.82, 2.24) is 20.2 Å². The van der Waals surface area contributed by atoms with Gasteiger partial charge in [-0.05, 0) is 55.3 Å². The van der Waals surface area contributed by atoms with Gasteiger partial charge in [0.2, 0.25) is 0 Å². The number of nitrogens with zero attached hydrogens (tertiary/aromatic N) is 5. The molecule has 4 rings (SSSR count). The predicted molar refractivity (Wildman–Crippen MR) is 142 cm³/mol. The average molecular weight is 525 g/mol. The third-order valence-electron chi connectivity index (χ3n) is 5.80. The maximum Gasteiger partial charge on any atom is 0.276 e. The minimum Gasteiger partial charge on any atom is -0.299 e. The van der Waals surface area contributed by atoms with Gasteiger partial charge in [0.05, 0.1) is 16.2 Å². The fourth-order valence-corrected chi connectivity index (χ4v) is 5.02. The Bertz CT molecular complexity index is 1270. The molecule has 1 saturated carbocycles. The molecule has 0 aliphatic heterocycles. The number of para-hydroxylation sites is 1. The third-order valence-corrected chi connectivity index (χ3v) is 6.99. The number of hydrogen-bond acceptors (Lipinski definition) is 7. The van der Waals surface area contributed by atoms with E-state index >= 15 is 0 Å². The van der Waals surface area contributed by atoms with E-state index in [1.165, 1.54) is 36.5 Å². The molecular formula is C25H25ClN6O3S. The van der Waals surface area contributed by atoms with Crippen LogP contribution < -0.4 is 5.43 Å². The van der Waals surface area contributed by atoms with Crippen molar-refractivity contribution < 1.29 is 9.72 Å². The Balaban J connectivity index is 1.39. The van der Waals surface area contributed by atoms with Crippen LogP contribution in [0.15, 0.2) is 64.9 Å². The normalized spacial score (nSPS) is 14.5. The molecule has 2 aromatic carbocycles. The lowest BCUT2D eigenvalue weighted by Crippen LogP contribution is -2.20. The first-order valence-electron chi connectivity index (χ1n) is 11.6. The number of nitro groups is 1. The van der Waals surface area contributed by atoms with Crippen molar-refractivity contribution in [3.05, 3.63) is 75.3 Å². The van der Waals surface area contributed by atoms with Gasteiger partial charge in [-0.1, -0.05) is 54.8 Å². The molecule has 0 atom stereocenters. The first-order valence-corrected chi connectivity index (χ1v) is 12.9. The maximum atomic E-state index is 12.4. The zero-order chi connectivity index (χ0) is 25.3. The van der Waals surface area contributed by atoms with Crippen LogP contribution in [0.3, 0.4) is 0 Å². The number of aromatic nitrogens is 3. The number of hydrazone groups is 1. The lowest BCUT2D eigenvalue weighted by molar-refractivity contribution is -0.385. The zero-order valence-electron chi connectivity index (χ0n) is 19.4. The van der Waals surface area contributed by atoms with Gasteiger partial charge in [-0.15, -0.1) is 10.2 Å². The Hall–Kier alpha value is -3.50. The minimum atomic E-state index is -0.444. The summed E-state index contributed by atoms with van der Waals surface area (Å²) in [4.78, 5) is 23.0. The molecule has 0 saturated heterocycles. The van der Waals surface area contributed by atoms with Crippen LogP contribution in [0.4, 0.5) is 5.69 Å². The van der Waals surface area contributed by atoms with E-state index in [9.17, 15) is 14.9 Å². The van der Waals surface area contributed by atoms with E-state index in [1.54, 1.807) is 24.3 Å². The van der Waals surface area contributed by atoms with Crippen molar-refractivity contribution in [3.63, 3.8) is 0 Å². The molecule has 1 heterocycles. The fourth-order valence-electron chi connectivity index (χ4n) is 4.10. The van der Waals surface area contributed by atoms with Crippen molar-refractivity contribution in [1.29, 1.82) is 0 Å². The van der Waals surface area contributed by atoms with Crippen molar-refractivity contribution in [2.75, 3.05) is 5.75 Å². The second-order valence-corrected chi connectivity index (χ2v) is 9.63. The molecule has 1 fully saturated rings. The van der Waals surface area contributed by atoms with E-state index in [0.717, 1.165) is 37.1 Å². The number of nitrogens with one attached hydrogen (secondary N) is 1. The van der Waals surface area contributed by atoms with Crippen LogP contribution in [-0.2, 0) is 4.79 Å². The summed E-state index contributed by atoms with van der Waals surface area (Å²) in [6, 6.07) is 14.2. The van der Waals surface area contributed by atoms with Crippen molar-refractivity contribution in [2.24, 2.45) is 5.10 Å². The van der Waals surface area contributed by atoms with E-state index in [2.05, 4.69) is 25.3 Å². The van der Waals surface area contributed by atoms with Crippen LogP contribution in [-0.4, -0.2) is 37.6 Å². The lowest BCUT2D eigenvalue weighted by Gasteiger charge is -2.25. The summed E-state index contributed by atoms with van der Waals surface area (Å²) in [5.74, 6) is 0.609. The molecule has 11 heteroatoms. The van der Waals surface area contributed by atoms with Gasteiger partial charge in [-0.3, -0.25) is 19.5 Å². The molecule has 0 unspecified atom stereocenters. The van der Waals surface area contributed by atoms with E-state index in [-0.39, 0.29) is 23.4 Å². The van der Waals surface area contributed by atoms with Gasteiger partial charge < -0.3 is 0 Å². The molecule has 186 valence electrons. The highest BCUT2D eigenvalue weighted by Gasteiger charge is 2.24. The molecule has 0 bridgehead atoms. The Labute approximate surface area is 217 Å². The number of rotatable bonds is 9. The first kappa shape index (κ1) is 25.6. The number of amides is 1. The molecule has 1 aliphatic carbocycles. The average Bonchev–Trinajstić information content (AvgIpc) is 3.32. The number of allylic oxidation sites excluding steroid dienone is 1. The molecule has 1 N–H and O–H groups in total. The molecular weight excluding hydrogens is 500 g/mol. The molecule has 1 aromatic heterocycles. The molecule has 3 aromatic rings. The number of halogens is 1. The summed E-state index contributed by atoms with van der Waals surface area (Å²) in [6.45, 7) is 0. The molecule has 1 aliphatic rings. The van der Waals surface area contributed by atoms with Crippen LogP contribution in [0.5, 0.6) is 0 Å². The predicted octanol–water partition coefficient (Wildman–Crippen LogP) is 5.92. The summed E-state index contributed by atoms with van der Waals surface area (Å²) < 4.78 is 2.15. The van der Waals surface area contributed by atoms with Gasteiger partial charge in [0.25, 0.3) is 11.6 Å². The van der Waals surface area contributed by atoms with Gasteiger partial charge in [0, 0.05) is 28.9 Å². The topological polar surface area (TPSA) is 115 Å². The maximum absolute atomic E-state index is 12.4. The second-order valence-electron chi connectivity index (χ2n) is 8.25. The van der Waals surface area contributed by atoms with Crippen molar-refractivity contribution >= 4 is 47.2 Å². The number of carbonyl (C=O) groups excluding carboxylic acids is 1. The number of benzene rings is 2.